The molecule has 0 saturated carbocycles. The standard InChI is InChI=1S/C15H20ClN3O/c1-5-6-12-14(17)15(19(4)18-12)20-11-7-9(2)13(16)10(3)8-11/h7-8H,5-6,17H2,1-4H3. The first-order chi connectivity index (χ1) is 9.43. The molecule has 0 saturated heterocycles. The van der Waals surface area contributed by atoms with Crippen molar-refractivity contribution in [2.24, 2.45) is 7.05 Å². The topological polar surface area (TPSA) is 53.1 Å². The zero-order valence-electron chi connectivity index (χ0n) is 12.3. The fourth-order valence-electron chi connectivity index (χ4n) is 2.20. The van der Waals surface area contributed by atoms with E-state index >= 15 is 0 Å². The highest BCUT2D eigenvalue weighted by Gasteiger charge is 2.15. The summed E-state index contributed by atoms with van der Waals surface area (Å²) in [6.07, 6.45) is 1.85. The third kappa shape index (κ3) is 2.75. The van der Waals surface area contributed by atoms with Gasteiger partial charge in [0.05, 0.1) is 5.69 Å². The summed E-state index contributed by atoms with van der Waals surface area (Å²) >= 11 is 6.16. The molecule has 0 aliphatic heterocycles. The van der Waals surface area contributed by atoms with E-state index in [-0.39, 0.29) is 0 Å². The van der Waals surface area contributed by atoms with E-state index in [0.29, 0.717) is 11.6 Å². The van der Waals surface area contributed by atoms with Crippen molar-refractivity contribution < 1.29 is 4.74 Å². The van der Waals surface area contributed by atoms with Crippen LogP contribution in [0.1, 0.15) is 30.2 Å². The molecular formula is C15H20ClN3O. The third-order valence-corrected chi connectivity index (χ3v) is 3.81. The molecule has 5 heteroatoms. The van der Waals surface area contributed by atoms with Gasteiger partial charge in [0, 0.05) is 12.1 Å². The Kier molecular flexibility index (Phi) is 4.23. The second kappa shape index (κ2) is 5.75. The first-order valence-corrected chi connectivity index (χ1v) is 7.07. The summed E-state index contributed by atoms with van der Waals surface area (Å²) in [6, 6.07) is 3.81. The van der Waals surface area contributed by atoms with E-state index in [9.17, 15) is 0 Å². The van der Waals surface area contributed by atoms with E-state index in [0.717, 1.165) is 40.4 Å². The number of aromatic nitrogens is 2. The number of nitrogen functional groups attached to an aromatic ring is 1. The highest BCUT2D eigenvalue weighted by atomic mass is 35.5. The number of halogens is 1. The van der Waals surface area contributed by atoms with E-state index in [1.807, 2.05) is 33.0 Å². The zero-order valence-corrected chi connectivity index (χ0v) is 13.1. The summed E-state index contributed by atoms with van der Waals surface area (Å²) in [5.41, 5.74) is 9.57. The van der Waals surface area contributed by atoms with Gasteiger partial charge in [-0.2, -0.15) is 5.10 Å². The van der Waals surface area contributed by atoms with Crippen LogP contribution in [0.2, 0.25) is 5.02 Å². The SMILES string of the molecule is CCCc1nn(C)c(Oc2cc(C)c(Cl)c(C)c2)c1N. The molecule has 2 rings (SSSR count). The number of anilines is 1. The molecule has 1 aromatic heterocycles. The van der Waals surface area contributed by atoms with Gasteiger partial charge < -0.3 is 10.5 Å². The molecule has 0 atom stereocenters. The van der Waals surface area contributed by atoms with Gasteiger partial charge in [-0.1, -0.05) is 24.9 Å². The Bertz CT molecular complexity index is 611. The van der Waals surface area contributed by atoms with Crippen molar-refractivity contribution in [3.8, 4) is 11.6 Å². The predicted molar refractivity (Wildman–Crippen MR) is 82.6 cm³/mol. The molecule has 0 radical (unpaired) electrons. The lowest BCUT2D eigenvalue weighted by molar-refractivity contribution is 0.432. The maximum absolute atomic E-state index is 6.16. The Morgan fingerprint density at radius 3 is 2.45 bits per heavy atom. The van der Waals surface area contributed by atoms with Crippen LogP contribution in [0.5, 0.6) is 11.6 Å². The second-order valence-electron chi connectivity index (χ2n) is 5.01. The van der Waals surface area contributed by atoms with Gasteiger partial charge in [-0.3, -0.25) is 0 Å². The molecule has 0 fully saturated rings. The summed E-state index contributed by atoms with van der Waals surface area (Å²) in [5, 5.41) is 5.16. The molecule has 4 nitrogen and oxygen atoms in total. The third-order valence-electron chi connectivity index (χ3n) is 3.22. The molecule has 0 spiro atoms. The normalized spacial score (nSPS) is 10.8. The molecule has 1 heterocycles. The molecule has 0 aliphatic rings. The number of hydrogen-bond donors (Lipinski definition) is 1. The van der Waals surface area contributed by atoms with E-state index in [4.69, 9.17) is 22.1 Å². The minimum absolute atomic E-state index is 0.578. The monoisotopic (exact) mass is 293 g/mol. The molecule has 2 N–H and O–H groups in total. The van der Waals surface area contributed by atoms with Gasteiger partial charge in [-0.25, -0.2) is 4.68 Å². The number of nitrogens with zero attached hydrogens (tertiary/aromatic N) is 2. The Balaban J connectivity index is 2.35. The molecular weight excluding hydrogens is 274 g/mol. The Labute approximate surface area is 124 Å². The van der Waals surface area contributed by atoms with Crippen LogP contribution in [-0.2, 0) is 13.5 Å². The number of aryl methyl sites for hydroxylation is 4. The van der Waals surface area contributed by atoms with Crippen LogP contribution in [0.25, 0.3) is 0 Å². The zero-order chi connectivity index (χ0) is 14.9. The van der Waals surface area contributed by atoms with Crippen molar-refractivity contribution in [1.82, 2.24) is 9.78 Å². The molecule has 108 valence electrons. The molecule has 0 bridgehead atoms. The van der Waals surface area contributed by atoms with Gasteiger partial charge in [0.25, 0.3) is 0 Å². The van der Waals surface area contributed by atoms with Crippen molar-refractivity contribution >= 4 is 17.3 Å². The highest BCUT2D eigenvalue weighted by molar-refractivity contribution is 6.32. The van der Waals surface area contributed by atoms with Gasteiger partial charge in [0.1, 0.15) is 11.4 Å². The van der Waals surface area contributed by atoms with Gasteiger partial charge >= 0.3 is 0 Å². The summed E-state index contributed by atoms with van der Waals surface area (Å²) < 4.78 is 7.58. The van der Waals surface area contributed by atoms with Gasteiger partial charge in [0.15, 0.2) is 0 Å². The van der Waals surface area contributed by atoms with Crippen LogP contribution in [-0.4, -0.2) is 9.78 Å². The molecule has 1 aromatic carbocycles. The predicted octanol–water partition coefficient (Wildman–Crippen LogP) is 4.02. The number of benzene rings is 1. The number of ether oxygens (including phenoxy) is 1. The minimum Gasteiger partial charge on any atom is -0.437 e. The number of hydrogen-bond acceptors (Lipinski definition) is 3. The number of rotatable bonds is 4. The van der Waals surface area contributed by atoms with Gasteiger partial charge in [0.2, 0.25) is 5.88 Å². The van der Waals surface area contributed by atoms with Crippen molar-refractivity contribution in [1.29, 1.82) is 0 Å². The smallest absolute Gasteiger partial charge is 0.241 e. The fraction of sp³-hybridized carbons (Fsp3) is 0.400. The average molecular weight is 294 g/mol. The van der Waals surface area contributed by atoms with Crippen LogP contribution in [0, 0.1) is 13.8 Å². The Hall–Kier alpha value is -1.68. The maximum Gasteiger partial charge on any atom is 0.241 e. The van der Waals surface area contributed by atoms with Crippen molar-refractivity contribution in [3.05, 3.63) is 34.0 Å². The first kappa shape index (κ1) is 14.7. The maximum atomic E-state index is 6.16. The molecule has 0 aliphatic carbocycles. The lowest BCUT2D eigenvalue weighted by Gasteiger charge is -2.10. The van der Waals surface area contributed by atoms with Gasteiger partial charge in [-0.15, -0.1) is 0 Å². The van der Waals surface area contributed by atoms with E-state index in [1.165, 1.54) is 0 Å². The molecule has 0 amide bonds. The van der Waals surface area contributed by atoms with E-state index < -0.39 is 0 Å². The molecule has 0 unspecified atom stereocenters. The van der Waals surface area contributed by atoms with Gasteiger partial charge in [-0.05, 0) is 43.5 Å². The average Bonchev–Trinajstić information content (AvgIpc) is 2.64. The van der Waals surface area contributed by atoms with E-state index in [2.05, 4.69) is 12.0 Å². The summed E-state index contributed by atoms with van der Waals surface area (Å²) in [6.45, 7) is 6.01. The molecule has 20 heavy (non-hydrogen) atoms. The Morgan fingerprint density at radius 1 is 1.30 bits per heavy atom. The van der Waals surface area contributed by atoms with Crippen LogP contribution in [0.15, 0.2) is 12.1 Å². The second-order valence-corrected chi connectivity index (χ2v) is 5.39. The van der Waals surface area contributed by atoms with Crippen molar-refractivity contribution in [3.63, 3.8) is 0 Å². The minimum atomic E-state index is 0.578. The lowest BCUT2D eigenvalue weighted by Crippen LogP contribution is -1.98. The van der Waals surface area contributed by atoms with Crippen LogP contribution in [0.4, 0.5) is 5.69 Å². The Morgan fingerprint density at radius 2 is 1.90 bits per heavy atom. The fourth-order valence-corrected chi connectivity index (χ4v) is 2.31. The largest absolute Gasteiger partial charge is 0.437 e. The van der Waals surface area contributed by atoms with Crippen molar-refractivity contribution in [2.45, 2.75) is 33.6 Å². The van der Waals surface area contributed by atoms with Crippen LogP contribution < -0.4 is 10.5 Å². The summed E-state index contributed by atoms with van der Waals surface area (Å²) in [5.74, 6) is 1.30. The van der Waals surface area contributed by atoms with Crippen LogP contribution >= 0.6 is 11.6 Å². The summed E-state index contributed by atoms with van der Waals surface area (Å²) in [4.78, 5) is 0. The van der Waals surface area contributed by atoms with Crippen LogP contribution in [0.3, 0.4) is 0 Å². The van der Waals surface area contributed by atoms with Crippen molar-refractivity contribution in [2.75, 3.05) is 5.73 Å². The van der Waals surface area contributed by atoms with E-state index in [1.54, 1.807) is 4.68 Å². The quantitative estimate of drug-likeness (QED) is 0.926. The number of nitrogens with two attached hydrogens (primary N) is 1. The lowest BCUT2D eigenvalue weighted by atomic mass is 10.1. The summed E-state index contributed by atoms with van der Waals surface area (Å²) in [7, 11) is 1.83. The highest BCUT2D eigenvalue weighted by Crippen LogP contribution is 2.33. The molecule has 2 aromatic rings. The first-order valence-electron chi connectivity index (χ1n) is 6.70.